The Balaban J connectivity index is 1.55. The van der Waals surface area contributed by atoms with Crippen LogP contribution in [0.25, 0.3) is 0 Å². The minimum atomic E-state index is -0.294. The van der Waals surface area contributed by atoms with Crippen LogP contribution in [-0.2, 0) is 11.3 Å². The van der Waals surface area contributed by atoms with Crippen molar-refractivity contribution in [3.05, 3.63) is 48.4 Å². The van der Waals surface area contributed by atoms with E-state index in [-0.39, 0.29) is 11.2 Å². The first-order valence-electron chi connectivity index (χ1n) is 7.86. The topological polar surface area (TPSA) is 89.3 Å². The lowest BCUT2D eigenvalue weighted by Gasteiger charge is -2.09. The number of hydrogen-bond donors (Lipinski definition) is 2. The number of ether oxygens (including phenoxy) is 1. The molecule has 0 saturated heterocycles. The van der Waals surface area contributed by atoms with Crippen LogP contribution in [0.15, 0.2) is 51.4 Å². The number of nitrogens with zero attached hydrogens (tertiary/aromatic N) is 2. The molecule has 0 aliphatic heterocycles. The number of thioether (sulfide) groups is 1. The zero-order valence-corrected chi connectivity index (χ0v) is 15.9. The molecule has 0 aliphatic rings. The first-order valence-corrected chi connectivity index (χ1v) is 9.55. The number of amides is 1. The quantitative estimate of drug-likeness (QED) is 0.567. The van der Waals surface area contributed by atoms with Crippen LogP contribution in [0.4, 0.5) is 10.8 Å². The molecule has 26 heavy (non-hydrogen) atoms. The van der Waals surface area contributed by atoms with E-state index in [9.17, 15) is 4.79 Å². The molecular formula is C17H18N4O3S2. The number of para-hydroxylation sites is 2. The van der Waals surface area contributed by atoms with Crippen LogP contribution < -0.4 is 15.4 Å². The number of nitrogens with one attached hydrogen (secondary N) is 2. The van der Waals surface area contributed by atoms with Crippen molar-refractivity contribution < 1.29 is 13.9 Å². The van der Waals surface area contributed by atoms with Crippen molar-refractivity contribution in [2.75, 3.05) is 12.4 Å². The molecule has 136 valence electrons. The van der Waals surface area contributed by atoms with Crippen LogP contribution >= 0.6 is 23.1 Å². The van der Waals surface area contributed by atoms with Gasteiger partial charge in [-0.2, -0.15) is 0 Å². The smallest absolute Gasteiger partial charge is 0.233 e. The Hall–Kier alpha value is -2.52. The molecule has 0 bridgehead atoms. The average Bonchev–Trinajstić information content (AvgIpc) is 3.32. The fourth-order valence-electron chi connectivity index (χ4n) is 2.11. The van der Waals surface area contributed by atoms with Gasteiger partial charge in [0.2, 0.25) is 11.0 Å². The van der Waals surface area contributed by atoms with Gasteiger partial charge in [-0.3, -0.25) is 4.79 Å². The molecule has 0 saturated carbocycles. The minimum absolute atomic E-state index is 0.0826. The maximum absolute atomic E-state index is 12.2. The van der Waals surface area contributed by atoms with Crippen LogP contribution in [-0.4, -0.2) is 28.5 Å². The molecule has 1 amide bonds. The SMILES string of the molecule is COc1ccccc1Nc1nnc(SC(C)C(=O)NCc2ccco2)s1. The number of hydrogen-bond acceptors (Lipinski definition) is 8. The first kappa shape index (κ1) is 18.3. The number of methoxy groups -OCH3 is 1. The van der Waals surface area contributed by atoms with Crippen LogP contribution in [0.1, 0.15) is 12.7 Å². The van der Waals surface area contributed by atoms with Crippen LogP contribution in [0.5, 0.6) is 5.75 Å². The Morgan fingerprint density at radius 1 is 1.31 bits per heavy atom. The van der Waals surface area contributed by atoms with Gasteiger partial charge in [0, 0.05) is 0 Å². The van der Waals surface area contributed by atoms with Crippen molar-refractivity contribution in [1.29, 1.82) is 0 Å². The summed E-state index contributed by atoms with van der Waals surface area (Å²) < 4.78 is 11.2. The zero-order chi connectivity index (χ0) is 18.4. The molecule has 0 fully saturated rings. The molecule has 0 radical (unpaired) electrons. The number of anilines is 2. The van der Waals surface area contributed by atoms with Gasteiger partial charge in [-0.1, -0.05) is 35.2 Å². The molecule has 2 aromatic heterocycles. The predicted molar refractivity (Wildman–Crippen MR) is 102 cm³/mol. The van der Waals surface area contributed by atoms with Gasteiger partial charge in [-0.15, -0.1) is 10.2 Å². The van der Waals surface area contributed by atoms with E-state index >= 15 is 0 Å². The second-order valence-electron chi connectivity index (χ2n) is 5.26. The lowest BCUT2D eigenvalue weighted by molar-refractivity contribution is -0.120. The second-order valence-corrected chi connectivity index (χ2v) is 7.82. The summed E-state index contributed by atoms with van der Waals surface area (Å²) in [5.41, 5.74) is 0.812. The van der Waals surface area contributed by atoms with Crippen molar-refractivity contribution in [3.63, 3.8) is 0 Å². The summed E-state index contributed by atoms with van der Waals surface area (Å²) >= 11 is 2.75. The van der Waals surface area contributed by atoms with Gasteiger partial charge in [-0.05, 0) is 31.2 Å². The number of carbonyl (C=O) groups is 1. The number of furan rings is 1. The standard InChI is InChI=1S/C17H18N4O3S2/c1-11(15(22)18-10-12-6-5-9-24-12)25-17-21-20-16(26-17)19-13-7-3-4-8-14(13)23-2/h3-9,11H,10H2,1-2H3,(H,18,22)(H,19,20). The highest BCUT2D eigenvalue weighted by Gasteiger charge is 2.17. The lowest BCUT2D eigenvalue weighted by atomic mass is 10.3. The number of carbonyl (C=O) groups excluding carboxylic acids is 1. The number of benzene rings is 1. The van der Waals surface area contributed by atoms with E-state index in [2.05, 4.69) is 20.8 Å². The fourth-order valence-corrected chi connectivity index (χ4v) is 4.04. The molecule has 1 aromatic carbocycles. The van der Waals surface area contributed by atoms with Crippen molar-refractivity contribution >= 4 is 39.8 Å². The third kappa shape index (κ3) is 4.77. The van der Waals surface area contributed by atoms with E-state index in [1.165, 1.54) is 23.1 Å². The highest BCUT2D eigenvalue weighted by atomic mass is 32.2. The Bertz CT molecular complexity index is 851. The van der Waals surface area contributed by atoms with E-state index in [0.717, 1.165) is 17.2 Å². The highest BCUT2D eigenvalue weighted by Crippen LogP contribution is 2.32. The average molecular weight is 390 g/mol. The molecule has 2 heterocycles. The molecule has 2 N–H and O–H groups in total. The summed E-state index contributed by atoms with van der Waals surface area (Å²) in [6.07, 6.45) is 1.58. The third-order valence-electron chi connectivity index (χ3n) is 3.42. The zero-order valence-electron chi connectivity index (χ0n) is 14.3. The maximum Gasteiger partial charge on any atom is 0.233 e. The van der Waals surface area contributed by atoms with Crippen LogP contribution in [0.2, 0.25) is 0 Å². The van der Waals surface area contributed by atoms with Gasteiger partial charge in [0.1, 0.15) is 11.5 Å². The van der Waals surface area contributed by atoms with E-state index < -0.39 is 0 Å². The van der Waals surface area contributed by atoms with Crippen molar-refractivity contribution in [2.24, 2.45) is 0 Å². The number of aromatic nitrogens is 2. The number of rotatable bonds is 8. The minimum Gasteiger partial charge on any atom is -0.495 e. The van der Waals surface area contributed by atoms with Crippen molar-refractivity contribution in [2.45, 2.75) is 23.1 Å². The molecule has 1 atom stereocenters. The van der Waals surface area contributed by atoms with Crippen molar-refractivity contribution in [1.82, 2.24) is 15.5 Å². The summed E-state index contributed by atoms with van der Waals surface area (Å²) in [6, 6.07) is 11.2. The van der Waals surface area contributed by atoms with Crippen molar-refractivity contribution in [3.8, 4) is 5.75 Å². The Kier molecular flexibility index (Phi) is 6.13. The second kappa shape index (κ2) is 8.72. The maximum atomic E-state index is 12.2. The van der Waals surface area contributed by atoms with Crippen LogP contribution in [0, 0.1) is 0 Å². The summed E-state index contributed by atoms with van der Waals surface area (Å²) in [7, 11) is 1.62. The van der Waals surface area contributed by atoms with Gasteiger partial charge in [0.15, 0.2) is 4.34 Å². The first-order chi connectivity index (χ1) is 12.7. The Morgan fingerprint density at radius 3 is 2.92 bits per heavy atom. The monoisotopic (exact) mass is 390 g/mol. The van der Waals surface area contributed by atoms with E-state index in [1.807, 2.05) is 37.3 Å². The largest absolute Gasteiger partial charge is 0.495 e. The molecule has 1 unspecified atom stereocenters. The highest BCUT2D eigenvalue weighted by molar-refractivity contribution is 8.02. The lowest BCUT2D eigenvalue weighted by Crippen LogP contribution is -2.30. The predicted octanol–water partition coefficient (Wildman–Crippen LogP) is 3.68. The third-order valence-corrected chi connectivity index (χ3v) is 5.44. The van der Waals surface area contributed by atoms with Gasteiger partial charge in [0.25, 0.3) is 0 Å². The molecule has 9 heteroatoms. The summed E-state index contributed by atoms with van der Waals surface area (Å²) in [5.74, 6) is 1.36. The summed E-state index contributed by atoms with van der Waals surface area (Å²) in [4.78, 5) is 12.2. The van der Waals surface area contributed by atoms with E-state index in [4.69, 9.17) is 9.15 Å². The van der Waals surface area contributed by atoms with Crippen LogP contribution in [0.3, 0.4) is 0 Å². The molecule has 0 spiro atoms. The van der Waals surface area contributed by atoms with Gasteiger partial charge in [0.05, 0.1) is 30.9 Å². The molecule has 7 nitrogen and oxygen atoms in total. The summed E-state index contributed by atoms with van der Waals surface area (Å²) in [5, 5.41) is 14.6. The Labute approximate surface area is 159 Å². The van der Waals surface area contributed by atoms with E-state index in [1.54, 1.807) is 19.4 Å². The molecule has 3 aromatic rings. The van der Waals surface area contributed by atoms with Gasteiger partial charge < -0.3 is 19.8 Å². The van der Waals surface area contributed by atoms with E-state index in [0.29, 0.717) is 16.0 Å². The molecule has 0 aliphatic carbocycles. The van der Waals surface area contributed by atoms with Gasteiger partial charge >= 0.3 is 0 Å². The fraction of sp³-hybridized carbons (Fsp3) is 0.235. The van der Waals surface area contributed by atoms with Gasteiger partial charge in [-0.25, -0.2) is 0 Å². The Morgan fingerprint density at radius 2 is 2.15 bits per heavy atom. The molecule has 3 rings (SSSR count). The molecular weight excluding hydrogens is 372 g/mol. The summed E-state index contributed by atoms with van der Waals surface area (Å²) in [6.45, 7) is 2.20. The normalized spacial score (nSPS) is 11.8.